The number of hydrogen-bond acceptors (Lipinski definition) is 5. The molecule has 2 N–H and O–H groups in total. The third-order valence-electron chi connectivity index (χ3n) is 3.66. The number of anilines is 1. The van der Waals surface area contributed by atoms with Gasteiger partial charge in [-0.25, -0.2) is 4.98 Å². The van der Waals surface area contributed by atoms with E-state index in [-0.39, 0.29) is 0 Å². The fraction of sp³-hybridized carbons (Fsp3) is 0.158. The molecule has 0 spiro atoms. The molecule has 2 heterocycles. The van der Waals surface area contributed by atoms with Gasteiger partial charge in [-0.05, 0) is 44.0 Å². The van der Waals surface area contributed by atoms with E-state index in [1.54, 1.807) is 24.2 Å². The Labute approximate surface area is 146 Å². The highest BCUT2D eigenvalue weighted by Gasteiger charge is 2.10. The van der Waals surface area contributed by atoms with Crippen LogP contribution < -0.4 is 10.5 Å². The van der Waals surface area contributed by atoms with Crippen LogP contribution in [0.25, 0.3) is 0 Å². The van der Waals surface area contributed by atoms with E-state index in [9.17, 15) is 0 Å². The summed E-state index contributed by atoms with van der Waals surface area (Å²) in [7, 11) is 0. The van der Waals surface area contributed by atoms with Gasteiger partial charge in [-0.15, -0.1) is 0 Å². The van der Waals surface area contributed by atoms with E-state index < -0.39 is 0 Å². The third-order valence-corrected chi connectivity index (χ3v) is 4.97. The molecule has 0 fully saturated rings. The van der Waals surface area contributed by atoms with Crippen LogP contribution in [0, 0.1) is 20.8 Å². The van der Waals surface area contributed by atoms with Crippen LogP contribution in [0.4, 0.5) is 5.82 Å². The second kappa shape index (κ2) is 6.93. The highest BCUT2D eigenvalue weighted by molar-refractivity contribution is 7.99. The molecule has 0 amide bonds. The molecule has 3 rings (SSSR count). The van der Waals surface area contributed by atoms with Gasteiger partial charge < -0.3 is 10.5 Å². The van der Waals surface area contributed by atoms with E-state index in [0.29, 0.717) is 17.3 Å². The summed E-state index contributed by atoms with van der Waals surface area (Å²) in [4.78, 5) is 10.7. The van der Waals surface area contributed by atoms with Crippen LogP contribution in [0.15, 0.2) is 58.6 Å². The zero-order valence-electron chi connectivity index (χ0n) is 13.9. The Morgan fingerprint density at radius 3 is 2.42 bits per heavy atom. The maximum absolute atomic E-state index is 5.97. The number of rotatable bonds is 4. The molecule has 0 radical (unpaired) electrons. The minimum Gasteiger partial charge on any atom is -0.452 e. The van der Waals surface area contributed by atoms with Crippen LogP contribution in [0.3, 0.4) is 0 Å². The summed E-state index contributed by atoms with van der Waals surface area (Å²) >= 11 is 1.66. The van der Waals surface area contributed by atoms with Gasteiger partial charge in [0.1, 0.15) is 5.75 Å². The molecule has 0 unspecified atom stereocenters. The Kier molecular flexibility index (Phi) is 4.71. The van der Waals surface area contributed by atoms with Crippen molar-refractivity contribution < 1.29 is 4.74 Å². The molecule has 1 aromatic carbocycles. The molecule has 24 heavy (non-hydrogen) atoms. The minimum atomic E-state index is 0.365. The van der Waals surface area contributed by atoms with Crippen LogP contribution in [0.5, 0.6) is 11.5 Å². The van der Waals surface area contributed by atoms with Crippen LogP contribution in [-0.4, -0.2) is 9.97 Å². The lowest BCUT2D eigenvalue weighted by atomic mass is 10.2. The quantitative estimate of drug-likeness (QED) is 0.731. The Morgan fingerprint density at radius 1 is 0.958 bits per heavy atom. The van der Waals surface area contributed by atoms with E-state index in [4.69, 9.17) is 10.5 Å². The Balaban J connectivity index is 1.91. The molecule has 122 valence electrons. The van der Waals surface area contributed by atoms with Crippen LogP contribution in [0.2, 0.25) is 0 Å². The number of nitrogens with zero attached hydrogens (tertiary/aromatic N) is 2. The van der Waals surface area contributed by atoms with Gasteiger partial charge in [0, 0.05) is 28.3 Å². The summed E-state index contributed by atoms with van der Waals surface area (Å²) < 4.78 is 5.92. The SMILES string of the molecule is Cc1cccc(C)c1Sc1cnc(N)c(Oc2cccnc2C)c1. The average molecular weight is 337 g/mol. The van der Waals surface area contributed by atoms with E-state index in [0.717, 1.165) is 10.6 Å². The summed E-state index contributed by atoms with van der Waals surface area (Å²) in [6.07, 6.45) is 3.51. The fourth-order valence-corrected chi connectivity index (χ4v) is 3.31. The fourth-order valence-electron chi connectivity index (χ4n) is 2.35. The van der Waals surface area contributed by atoms with Crippen molar-refractivity contribution >= 4 is 17.6 Å². The predicted octanol–water partition coefficient (Wildman–Crippen LogP) is 4.93. The van der Waals surface area contributed by atoms with Crippen molar-refractivity contribution in [3.05, 3.63) is 65.6 Å². The van der Waals surface area contributed by atoms with Crippen molar-refractivity contribution in [1.82, 2.24) is 9.97 Å². The molecule has 4 nitrogen and oxygen atoms in total. The smallest absolute Gasteiger partial charge is 0.170 e. The number of nitrogen functional groups attached to an aromatic ring is 1. The van der Waals surface area contributed by atoms with Gasteiger partial charge >= 0.3 is 0 Å². The van der Waals surface area contributed by atoms with Gasteiger partial charge in [0.05, 0.1) is 5.69 Å². The zero-order valence-corrected chi connectivity index (χ0v) is 14.7. The van der Waals surface area contributed by atoms with Crippen molar-refractivity contribution in [2.75, 3.05) is 5.73 Å². The number of ether oxygens (including phenoxy) is 1. The zero-order chi connectivity index (χ0) is 17.1. The first-order chi connectivity index (χ1) is 11.5. The maximum atomic E-state index is 5.97. The van der Waals surface area contributed by atoms with Crippen LogP contribution in [0.1, 0.15) is 16.8 Å². The predicted molar refractivity (Wildman–Crippen MR) is 97.7 cm³/mol. The standard InChI is InChI=1S/C19H19N3OS/c1-12-6-4-7-13(2)18(12)24-15-10-17(19(20)22-11-15)23-16-8-5-9-21-14(16)3/h4-11H,1-3H3,(H2,20,22). The second-order valence-electron chi connectivity index (χ2n) is 5.57. The molecule has 3 aromatic rings. The van der Waals surface area contributed by atoms with Gasteiger partial charge in [0.15, 0.2) is 11.6 Å². The Hall–Kier alpha value is -2.53. The first-order valence-electron chi connectivity index (χ1n) is 7.63. The highest BCUT2D eigenvalue weighted by atomic mass is 32.2. The molecule has 5 heteroatoms. The largest absolute Gasteiger partial charge is 0.452 e. The van der Waals surface area contributed by atoms with Gasteiger partial charge in [0.25, 0.3) is 0 Å². The monoisotopic (exact) mass is 337 g/mol. The minimum absolute atomic E-state index is 0.365. The van der Waals surface area contributed by atoms with E-state index >= 15 is 0 Å². The lowest BCUT2D eigenvalue weighted by Gasteiger charge is -2.12. The molecule has 0 aliphatic rings. The average Bonchev–Trinajstić information content (AvgIpc) is 2.56. The maximum Gasteiger partial charge on any atom is 0.170 e. The topological polar surface area (TPSA) is 61.0 Å². The number of aromatic nitrogens is 2. The lowest BCUT2D eigenvalue weighted by Crippen LogP contribution is -1.97. The summed E-state index contributed by atoms with van der Waals surface area (Å²) in [6.45, 7) is 6.11. The van der Waals surface area contributed by atoms with Gasteiger partial charge in [0.2, 0.25) is 0 Å². The number of pyridine rings is 2. The first-order valence-corrected chi connectivity index (χ1v) is 8.45. The van der Waals surface area contributed by atoms with Crippen molar-refractivity contribution in [1.29, 1.82) is 0 Å². The van der Waals surface area contributed by atoms with Crippen molar-refractivity contribution in [2.24, 2.45) is 0 Å². The number of nitrogens with two attached hydrogens (primary N) is 1. The summed E-state index contributed by atoms with van der Waals surface area (Å²) in [5.74, 6) is 1.59. The van der Waals surface area contributed by atoms with Gasteiger partial charge in [-0.3, -0.25) is 4.98 Å². The first kappa shape index (κ1) is 16.3. The third kappa shape index (κ3) is 3.51. The molecule has 0 aliphatic carbocycles. The molecule has 0 saturated carbocycles. The summed E-state index contributed by atoms with van der Waals surface area (Å²) in [6, 6.07) is 11.9. The Bertz CT molecular complexity index is 860. The molecule has 0 bridgehead atoms. The molecule has 2 aromatic heterocycles. The van der Waals surface area contributed by atoms with Gasteiger partial charge in [-0.1, -0.05) is 30.0 Å². The Morgan fingerprint density at radius 2 is 1.71 bits per heavy atom. The lowest BCUT2D eigenvalue weighted by molar-refractivity contribution is 0.474. The van der Waals surface area contributed by atoms with Crippen molar-refractivity contribution in [3.8, 4) is 11.5 Å². The number of aryl methyl sites for hydroxylation is 3. The molecule has 0 aliphatic heterocycles. The number of benzene rings is 1. The summed E-state index contributed by atoms with van der Waals surface area (Å²) in [5, 5.41) is 0. The molecular weight excluding hydrogens is 318 g/mol. The highest BCUT2D eigenvalue weighted by Crippen LogP contribution is 2.36. The molecular formula is C19H19N3OS. The summed E-state index contributed by atoms with van der Waals surface area (Å²) in [5.41, 5.74) is 9.26. The van der Waals surface area contributed by atoms with Crippen molar-refractivity contribution in [2.45, 2.75) is 30.6 Å². The van der Waals surface area contributed by atoms with E-state index in [1.165, 1.54) is 16.0 Å². The second-order valence-corrected chi connectivity index (χ2v) is 6.65. The van der Waals surface area contributed by atoms with E-state index in [2.05, 4.69) is 42.0 Å². The molecule has 0 atom stereocenters. The number of hydrogen-bond donors (Lipinski definition) is 1. The van der Waals surface area contributed by atoms with Crippen LogP contribution in [-0.2, 0) is 0 Å². The van der Waals surface area contributed by atoms with Crippen LogP contribution >= 0.6 is 11.8 Å². The normalized spacial score (nSPS) is 10.6. The van der Waals surface area contributed by atoms with Crippen molar-refractivity contribution in [3.63, 3.8) is 0 Å². The van der Waals surface area contributed by atoms with Gasteiger partial charge in [-0.2, -0.15) is 0 Å². The van der Waals surface area contributed by atoms with E-state index in [1.807, 2.05) is 25.1 Å². The molecule has 0 saturated heterocycles.